The highest BCUT2D eigenvalue weighted by molar-refractivity contribution is 6.10. The Bertz CT molecular complexity index is 946. The fourth-order valence-electron chi connectivity index (χ4n) is 4.53. The van der Waals surface area contributed by atoms with Crippen LogP contribution in [0.15, 0.2) is 42.5 Å². The van der Waals surface area contributed by atoms with Crippen LogP contribution in [-0.4, -0.2) is 35.8 Å². The second kappa shape index (κ2) is 7.85. The van der Waals surface area contributed by atoms with Crippen molar-refractivity contribution in [3.05, 3.63) is 48.0 Å². The number of hydrogen-bond acceptors (Lipinski definition) is 3. The third kappa shape index (κ3) is 3.71. The highest BCUT2D eigenvalue weighted by atomic mass is 16.2. The highest BCUT2D eigenvalue weighted by Gasteiger charge is 2.50. The van der Waals surface area contributed by atoms with E-state index in [0.717, 1.165) is 34.1 Å². The van der Waals surface area contributed by atoms with Gasteiger partial charge in [-0.2, -0.15) is 0 Å². The van der Waals surface area contributed by atoms with Crippen molar-refractivity contribution in [2.75, 3.05) is 13.1 Å². The molecule has 29 heavy (non-hydrogen) atoms. The van der Waals surface area contributed by atoms with Crippen LogP contribution in [-0.2, 0) is 15.1 Å². The van der Waals surface area contributed by atoms with Crippen molar-refractivity contribution in [1.82, 2.24) is 15.5 Å². The van der Waals surface area contributed by atoms with Crippen LogP contribution >= 0.6 is 0 Å². The molecule has 1 atom stereocenters. The first kappa shape index (κ1) is 19.4. The van der Waals surface area contributed by atoms with Crippen molar-refractivity contribution < 1.29 is 14.4 Å². The van der Waals surface area contributed by atoms with E-state index in [2.05, 4.69) is 10.6 Å². The van der Waals surface area contributed by atoms with Gasteiger partial charge in [0, 0.05) is 6.54 Å². The van der Waals surface area contributed by atoms with Crippen molar-refractivity contribution in [1.29, 1.82) is 0 Å². The second-order valence-corrected chi connectivity index (χ2v) is 8.28. The van der Waals surface area contributed by atoms with Gasteiger partial charge in [0.25, 0.3) is 5.91 Å². The average molecular weight is 393 g/mol. The van der Waals surface area contributed by atoms with Crippen LogP contribution < -0.4 is 10.6 Å². The Kier molecular flexibility index (Phi) is 5.26. The number of carbonyl (C=O) groups is 3. The monoisotopic (exact) mass is 393 g/mol. The molecule has 0 radical (unpaired) electrons. The lowest BCUT2D eigenvalue weighted by atomic mass is 9.88. The number of fused-ring (bicyclic) bond motifs is 1. The molecule has 6 nitrogen and oxygen atoms in total. The molecule has 2 aromatic carbocycles. The fraction of sp³-hybridized carbons (Fsp3) is 0.435. The summed E-state index contributed by atoms with van der Waals surface area (Å²) in [7, 11) is 0. The lowest BCUT2D eigenvalue weighted by Gasteiger charge is -2.24. The van der Waals surface area contributed by atoms with Gasteiger partial charge in [-0.05, 0) is 42.0 Å². The molecule has 2 aromatic rings. The number of urea groups is 1. The Hall–Kier alpha value is -2.89. The molecule has 1 heterocycles. The molecule has 0 aromatic heterocycles. The standard InChI is InChI=1S/C23H27N3O3/c1-23(19-13-7-11-17-10-5-6-12-18(17)19)21(28)26(22(29)25-23)15-20(27)24-14-16-8-3-2-4-9-16/h5-7,10-13,16H,2-4,8-9,14-15H2,1H3,(H,24,27)(H,25,29)/t23-/m0/s1. The highest BCUT2D eigenvalue weighted by Crippen LogP contribution is 2.33. The van der Waals surface area contributed by atoms with Crippen LogP contribution in [0.1, 0.15) is 44.6 Å². The first-order chi connectivity index (χ1) is 14.0. The molecule has 2 N–H and O–H groups in total. The molecule has 2 fully saturated rings. The van der Waals surface area contributed by atoms with Crippen molar-refractivity contribution in [2.45, 2.75) is 44.6 Å². The molecule has 6 heteroatoms. The Morgan fingerprint density at radius 3 is 2.62 bits per heavy atom. The third-order valence-electron chi connectivity index (χ3n) is 6.22. The molecule has 0 bridgehead atoms. The van der Waals surface area contributed by atoms with E-state index in [1.807, 2.05) is 42.5 Å². The van der Waals surface area contributed by atoms with E-state index in [9.17, 15) is 14.4 Å². The zero-order chi connectivity index (χ0) is 20.4. The number of nitrogens with zero attached hydrogens (tertiary/aromatic N) is 1. The zero-order valence-electron chi connectivity index (χ0n) is 16.7. The van der Waals surface area contributed by atoms with Crippen molar-refractivity contribution in [3.8, 4) is 0 Å². The minimum Gasteiger partial charge on any atom is -0.354 e. The van der Waals surface area contributed by atoms with Crippen LogP contribution in [0, 0.1) is 5.92 Å². The summed E-state index contributed by atoms with van der Waals surface area (Å²) < 4.78 is 0. The molecule has 1 saturated heterocycles. The summed E-state index contributed by atoms with van der Waals surface area (Å²) in [6.07, 6.45) is 5.93. The van der Waals surface area contributed by atoms with Gasteiger partial charge in [0.05, 0.1) is 0 Å². The summed E-state index contributed by atoms with van der Waals surface area (Å²) >= 11 is 0. The predicted octanol–water partition coefficient (Wildman–Crippen LogP) is 3.30. The van der Waals surface area contributed by atoms with Gasteiger partial charge < -0.3 is 10.6 Å². The average Bonchev–Trinajstić information content (AvgIpc) is 2.96. The van der Waals surface area contributed by atoms with Crippen LogP contribution in [0.3, 0.4) is 0 Å². The minimum absolute atomic E-state index is 0.252. The number of benzene rings is 2. The third-order valence-corrected chi connectivity index (χ3v) is 6.22. The fourth-order valence-corrected chi connectivity index (χ4v) is 4.53. The van der Waals surface area contributed by atoms with Gasteiger partial charge in [0.1, 0.15) is 12.1 Å². The number of carbonyl (C=O) groups excluding carboxylic acids is 3. The number of nitrogens with one attached hydrogen (secondary N) is 2. The molecule has 1 aliphatic heterocycles. The van der Waals surface area contributed by atoms with Crippen molar-refractivity contribution in [2.24, 2.45) is 5.92 Å². The van der Waals surface area contributed by atoms with Crippen LogP contribution in [0.5, 0.6) is 0 Å². The maximum absolute atomic E-state index is 13.2. The zero-order valence-corrected chi connectivity index (χ0v) is 16.7. The largest absolute Gasteiger partial charge is 0.354 e. The van der Waals surface area contributed by atoms with Crippen LogP contribution in [0.25, 0.3) is 10.8 Å². The number of hydrogen-bond donors (Lipinski definition) is 2. The summed E-state index contributed by atoms with van der Waals surface area (Å²) in [4.78, 5) is 39.2. The Labute approximate surface area is 170 Å². The van der Waals surface area contributed by atoms with Gasteiger partial charge in [-0.3, -0.25) is 14.5 Å². The second-order valence-electron chi connectivity index (χ2n) is 8.28. The van der Waals surface area contributed by atoms with E-state index in [4.69, 9.17) is 0 Å². The smallest absolute Gasteiger partial charge is 0.325 e. The minimum atomic E-state index is -1.19. The van der Waals surface area contributed by atoms with Gasteiger partial charge >= 0.3 is 6.03 Å². The van der Waals surface area contributed by atoms with Gasteiger partial charge in [0.15, 0.2) is 0 Å². The topological polar surface area (TPSA) is 78.5 Å². The van der Waals surface area contributed by atoms with E-state index < -0.39 is 17.5 Å². The molecule has 4 rings (SSSR count). The van der Waals surface area contributed by atoms with E-state index >= 15 is 0 Å². The quantitative estimate of drug-likeness (QED) is 0.765. The Morgan fingerprint density at radius 2 is 1.83 bits per heavy atom. The molecular formula is C23H27N3O3. The maximum Gasteiger partial charge on any atom is 0.325 e. The summed E-state index contributed by atoms with van der Waals surface area (Å²) in [6, 6.07) is 12.9. The molecule has 1 saturated carbocycles. The van der Waals surface area contributed by atoms with Crippen LogP contribution in [0.2, 0.25) is 0 Å². The van der Waals surface area contributed by atoms with E-state index in [-0.39, 0.29) is 12.5 Å². The van der Waals surface area contributed by atoms with Gasteiger partial charge in [0.2, 0.25) is 5.91 Å². The normalized spacial score (nSPS) is 22.7. The Morgan fingerprint density at radius 1 is 1.10 bits per heavy atom. The van der Waals surface area contributed by atoms with Crippen molar-refractivity contribution in [3.63, 3.8) is 0 Å². The molecule has 152 valence electrons. The van der Waals surface area contributed by atoms with E-state index in [1.54, 1.807) is 6.92 Å². The molecule has 0 unspecified atom stereocenters. The van der Waals surface area contributed by atoms with E-state index in [0.29, 0.717) is 12.5 Å². The number of imide groups is 1. The lowest BCUT2D eigenvalue weighted by molar-refractivity contribution is -0.134. The van der Waals surface area contributed by atoms with E-state index in [1.165, 1.54) is 19.3 Å². The molecule has 0 spiro atoms. The summed E-state index contributed by atoms with van der Waals surface area (Å²) in [5.41, 5.74) is -0.458. The Balaban J connectivity index is 1.48. The SMILES string of the molecule is C[C@@]1(c2cccc3ccccc23)NC(=O)N(CC(=O)NCC2CCCCC2)C1=O. The maximum atomic E-state index is 13.2. The molecule has 4 amide bonds. The van der Waals surface area contributed by atoms with Gasteiger partial charge in [-0.15, -0.1) is 0 Å². The lowest BCUT2D eigenvalue weighted by Crippen LogP contribution is -2.44. The number of amides is 4. The summed E-state index contributed by atoms with van der Waals surface area (Å²) in [6.45, 7) is 2.07. The number of rotatable bonds is 5. The molecule has 1 aliphatic carbocycles. The van der Waals surface area contributed by atoms with Gasteiger partial charge in [-0.25, -0.2) is 4.79 Å². The summed E-state index contributed by atoms with van der Waals surface area (Å²) in [5, 5.41) is 7.62. The first-order valence-corrected chi connectivity index (χ1v) is 10.4. The van der Waals surface area contributed by atoms with Gasteiger partial charge in [-0.1, -0.05) is 61.7 Å². The summed E-state index contributed by atoms with van der Waals surface area (Å²) in [5.74, 6) is -0.190. The van der Waals surface area contributed by atoms with Crippen molar-refractivity contribution >= 4 is 28.6 Å². The first-order valence-electron chi connectivity index (χ1n) is 10.4. The molecular weight excluding hydrogens is 366 g/mol. The van der Waals surface area contributed by atoms with Crippen LogP contribution in [0.4, 0.5) is 4.79 Å². The predicted molar refractivity (Wildman–Crippen MR) is 111 cm³/mol. The molecule has 2 aliphatic rings.